The minimum atomic E-state index is -0.219. The monoisotopic (exact) mass is 351 g/mol. The molecule has 0 spiro atoms. The van der Waals surface area contributed by atoms with Gasteiger partial charge in [0.1, 0.15) is 17.2 Å². The van der Waals surface area contributed by atoms with Crippen molar-refractivity contribution >= 4 is 22.9 Å². The Bertz CT molecular complexity index is 1030. The summed E-state index contributed by atoms with van der Waals surface area (Å²) in [6.45, 7) is 2.03. The Labute approximate surface area is 147 Å². The maximum absolute atomic E-state index is 13.8. The van der Waals surface area contributed by atoms with Crippen molar-refractivity contribution in [3.8, 4) is 5.69 Å². The van der Waals surface area contributed by atoms with Crippen molar-refractivity contribution in [3.05, 3.63) is 71.8 Å². The lowest BCUT2D eigenvalue weighted by Gasteiger charge is -2.04. The summed E-state index contributed by atoms with van der Waals surface area (Å²) in [7, 11) is 0. The first kappa shape index (κ1) is 15.7. The van der Waals surface area contributed by atoms with Crippen LogP contribution >= 0.6 is 11.8 Å². The number of thioether (sulfide) groups is 1. The van der Waals surface area contributed by atoms with Crippen molar-refractivity contribution in [3.63, 3.8) is 0 Å². The van der Waals surface area contributed by atoms with Gasteiger partial charge in [-0.05, 0) is 30.7 Å². The fourth-order valence-corrected chi connectivity index (χ4v) is 3.37. The number of aromatic nitrogens is 5. The van der Waals surface area contributed by atoms with Crippen LogP contribution < -0.4 is 0 Å². The van der Waals surface area contributed by atoms with Crippen LogP contribution in [0.15, 0.2) is 59.9 Å². The van der Waals surface area contributed by atoms with Crippen molar-refractivity contribution in [1.29, 1.82) is 0 Å². The number of hydrogen-bond donors (Lipinski definition) is 0. The summed E-state index contributed by atoms with van der Waals surface area (Å²) in [6.07, 6.45) is 1.49. The van der Waals surface area contributed by atoms with E-state index in [4.69, 9.17) is 0 Å². The fourth-order valence-electron chi connectivity index (χ4n) is 2.46. The Morgan fingerprint density at radius 1 is 1.04 bits per heavy atom. The topological polar surface area (TPSA) is 56.5 Å². The molecule has 124 valence electrons. The summed E-state index contributed by atoms with van der Waals surface area (Å²) in [5.74, 6) is 0.250. The van der Waals surface area contributed by atoms with E-state index in [0.717, 1.165) is 5.69 Å². The van der Waals surface area contributed by atoms with Crippen LogP contribution in [0.25, 0.3) is 16.9 Å². The minimum absolute atomic E-state index is 0.219. The Kier molecular flexibility index (Phi) is 4.15. The molecular weight excluding hydrogens is 337 g/mol. The zero-order chi connectivity index (χ0) is 17.2. The van der Waals surface area contributed by atoms with Crippen LogP contribution in [0.5, 0.6) is 0 Å². The van der Waals surface area contributed by atoms with Gasteiger partial charge in [0, 0.05) is 5.75 Å². The van der Waals surface area contributed by atoms with Crippen LogP contribution in [-0.4, -0.2) is 25.0 Å². The van der Waals surface area contributed by atoms with E-state index in [2.05, 4.69) is 20.3 Å². The molecule has 0 unspecified atom stereocenters. The maximum Gasteiger partial charge on any atom is 0.187 e. The van der Waals surface area contributed by atoms with E-state index in [1.54, 1.807) is 16.8 Å². The Morgan fingerprint density at radius 2 is 1.84 bits per heavy atom. The first-order valence-corrected chi connectivity index (χ1v) is 8.70. The van der Waals surface area contributed by atoms with Gasteiger partial charge in [0.2, 0.25) is 0 Å². The fraction of sp³-hybridized carbons (Fsp3) is 0.111. The van der Waals surface area contributed by atoms with Gasteiger partial charge in [0.25, 0.3) is 0 Å². The molecule has 25 heavy (non-hydrogen) atoms. The average molecular weight is 351 g/mol. The molecule has 0 fully saturated rings. The second-order valence-corrected chi connectivity index (χ2v) is 6.53. The Morgan fingerprint density at radius 3 is 2.64 bits per heavy atom. The predicted molar refractivity (Wildman–Crippen MR) is 95.2 cm³/mol. The molecule has 0 aliphatic carbocycles. The van der Waals surface area contributed by atoms with E-state index >= 15 is 0 Å². The summed E-state index contributed by atoms with van der Waals surface area (Å²) < 4.78 is 15.5. The highest BCUT2D eigenvalue weighted by Gasteiger charge is 2.14. The molecule has 2 heterocycles. The molecule has 2 aromatic heterocycles. The van der Waals surface area contributed by atoms with Crippen LogP contribution in [0.3, 0.4) is 0 Å². The molecule has 2 aromatic carbocycles. The Balaban J connectivity index is 1.67. The van der Waals surface area contributed by atoms with Crippen LogP contribution in [0, 0.1) is 12.7 Å². The highest BCUT2D eigenvalue weighted by molar-refractivity contribution is 7.98. The van der Waals surface area contributed by atoms with E-state index in [1.165, 1.54) is 29.7 Å². The number of aryl methyl sites for hydroxylation is 1. The third-order valence-electron chi connectivity index (χ3n) is 3.80. The zero-order valence-corrected chi connectivity index (χ0v) is 14.2. The van der Waals surface area contributed by atoms with Gasteiger partial charge in [-0.15, -0.1) is 5.10 Å². The summed E-state index contributed by atoms with van der Waals surface area (Å²) in [5, 5.41) is 9.12. The molecule has 5 nitrogen and oxygen atoms in total. The molecule has 0 amide bonds. The maximum atomic E-state index is 13.8. The number of rotatable bonds is 4. The molecule has 7 heteroatoms. The highest BCUT2D eigenvalue weighted by atomic mass is 32.2. The van der Waals surface area contributed by atoms with Gasteiger partial charge in [-0.25, -0.2) is 14.4 Å². The van der Waals surface area contributed by atoms with Gasteiger partial charge in [-0.1, -0.05) is 52.9 Å². The van der Waals surface area contributed by atoms with E-state index in [0.29, 0.717) is 27.5 Å². The first-order valence-electron chi connectivity index (χ1n) is 7.72. The van der Waals surface area contributed by atoms with Gasteiger partial charge >= 0.3 is 0 Å². The number of halogens is 1. The van der Waals surface area contributed by atoms with Gasteiger partial charge in [-0.2, -0.15) is 4.68 Å². The molecule has 4 aromatic rings. The molecule has 4 rings (SSSR count). The summed E-state index contributed by atoms with van der Waals surface area (Å²) >= 11 is 1.42. The van der Waals surface area contributed by atoms with Gasteiger partial charge < -0.3 is 0 Å². The number of fused-ring (bicyclic) bond motifs is 1. The Hall–Kier alpha value is -2.80. The third-order valence-corrected chi connectivity index (χ3v) is 4.83. The quantitative estimate of drug-likeness (QED) is 0.412. The SMILES string of the molecule is Cc1ccc(-n2nnc3c(SCc4ccccc4F)ncnc32)cc1. The second kappa shape index (κ2) is 6.60. The number of hydrogen-bond acceptors (Lipinski definition) is 5. The molecule has 0 N–H and O–H groups in total. The van der Waals surface area contributed by atoms with Crippen LogP contribution in [0.4, 0.5) is 4.39 Å². The second-order valence-electron chi connectivity index (χ2n) is 5.57. The van der Waals surface area contributed by atoms with Gasteiger partial charge in [-0.3, -0.25) is 0 Å². The molecule has 0 bridgehead atoms. The van der Waals surface area contributed by atoms with Crippen molar-refractivity contribution < 1.29 is 4.39 Å². The summed E-state index contributed by atoms with van der Waals surface area (Å²) in [4.78, 5) is 8.60. The van der Waals surface area contributed by atoms with Crippen molar-refractivity contribution in [2.24, 2.45) is 0 Å². The lowest BCUT2D eigenvalue weighted by atomic mass is 10.2. The predicted octanol–water partition coefficient (Wildman–Crippen LogP) is 3.95. The molecule has 0 aliphatic heterocycles. The van der Waals surface area contributed by atoms with Crippen LogP contribution in [0.1, 0.15) is 11.1 Å². The zero-order valence-electron chi connectivity index (χ0n) is 13.4. The number of benzene rings is 2. The van der Waals surface area contributed by atoms with Crippen LogP contribution in [-0.2, 0) is 5.75 Å². The summed E-state index contributed by atoms with van der Waals surface area (Å²) in [6, 6.07) is 14.7. The minimum Gasteiger partial charge on any atom is -0.227 e. The number of nitrogens with zero attached hydrogens (tertiary/aromatic N) is 5. The lowest BCUT2D eigenvalue weighted by molar-refractivity contribution is 0.617. The van der Waals surface area contributed by atoms with Crippen LogP contribution in [0.2, 0.25) is 0 Å². The largest absolute Gasteiger partial charge is 0.227 e. The normalized spacial score (nSPS) is 11.1. The standard InChI is InChI=1S/C18H14FN5S/c1-12-6-8-14(9-7-12)24-17-16(22-23-24)18(21-11-20-17)25-10-13-4-2-3-5-15(13)19/h2-9,11H,10H2,1H3. The smallest absolute Gasteiger partial charge is 0.187 e. The average Bonchev–Trinajstić information content (AvgIpc) is 3.06. The van der Waals surface area contributed by atoms with Crippen molar-refractivity contribution in [2.75, 3.05) is 0 Å². The van der Waals surface area contributed by atoms with Gasteiger partial charge in [0.15, 0.2) is 11.2 Å². The van der Waals surface area contributed by atoms with E-state index in [-0.39, 0.29) is 5.82 Å². The molecule has 0 atom stereocenters. The third kappa shape index (κ3) is 3.10. The van der Waals surface area contributed by atoms with Crippen molar-refractivity contribution in [2.45, 2.75) is 17.7 Å². The molecule has 0 saturated carbocycles. The molecule has 0 radical (unpaired) electrons. The van der Waals surface area contributed by atoms with E-state index in [1.807, 2.05) is 37.3 Å². The molecular formula is C18H14FN5S. The van der Waals surface area contributed by atoms with Crippen molar-refractivity contribution in [1.82, 2.24) is 25.0 Å². The van der Waals surface area contributed by atoms with Gasteiger partial charge in [0.05, 0.1) is 5.69 Å². The summed E-state index contributed by atoms with van der Waals surface area (Å²) in [5.41, 5.74) is 3.94. The highest BCUT2D eigenvalue weighted by Crippen LogP contribution is 2.27. The lowest BCUT2D eigenvalue weighted by Crippen LogP contribution is -1.98. The van der Waals surface area contributed by atoms with E-state index in [9.17, 15) is 4.39 Å². The molecule has 0 saturated heterocycles. The first-order chi connectivity index (χ1) is 12.2. The van der Waals surface area contributed by atoms with E-state index < -0.39 is 0 Å². The molecule has 0 aliphatic rings.